The van der Waals surface area contributed by atoms with E-state index in [-0.39, 0.29) is 10.9 Å². The fraction of sp³-hybridized carbons (Fsp3) is 0.765. The number of aromatic nitrogens is 2. The summed E-state index contributed by atoms with van der Waals surface area (Å²) >= 11 is 0. The smallest absolute Gasteiger partial charge is 0.260 e. The number of aryl methyl sites for hydroxylation is 1. The second-order valence-electron chi connectivity index (χ2n) is 7.09. The molecule has 0 saturated carbocycles. The van der Waals surface area contributed by atoms with Crippen LogP contribution in [-0.2, 0) is 26.0 Å². The van der Waals surface area contributed by atoms with Gasteiger partial charge in [0.1, 0.15) is 5.82 Å². The number of nitrogens with zero attached hydrogens (tertiary/aromatic N) is 3. The number of carbonyl (C=O) groups excluding carboxylic acids is 1. The number of nitrogens with one attached hydrogen (secondary N) is 2. The summed E-state index contributed by atoms with van der Waals surface area (Å²) < 4.78 is 32.1. The molecule has 0 atom stereocenters. The van der Waals surface area contributed by atoms with Crippen LogP contribution in [0.5, 0.6) is 0 Å². The normalized spacial score (nSPS) is 20.6. The van der Waals surface area contributed by atoms with E-state index < -0.39 is 10.0 Å². The highest BCUT2D eigenvalue weighted by atomic mass is 32.2. The SMILES string of the molecule is CCc1ncc(S(=O)(=O)N2CCC(CNC(=O)CN3CCOCC3)CC2)[nH]1. The van der Waals surface area contributed by atoms with Gasteiger partial charge in [-0.25, -0.2) is 13.4 Å². The summed E-state index contributed by atoms with van der Waals surface area (Å²) in [6, 6.07) is 0. The lowest BCUT2D eigenvalue weighted by Gasteiger charge is -2.31. The fourth-order valence-corrected chi connectivity index (χ4v) is 4.83. The van der Waals surface area contributed by atoms with Crippen molar-refractivity contribution >= 4 is 15.9 Å². The monoisotopic (exact) mass is 399 g/mol. The summed E-state index contributed by atoms with van der Waals surface area (Å²) in [5, 5.41) is 3.15. The molecule has 2 aliphatic heterocycles. The molecule has 152 valence electrons. The number of amides is 1. The van der Waals surface area contributed by atoms with Gasteiger partial charge in [-0.05, 0) is 18.8 Å². The van der Waals surface area contributed by atoms with E-state index in [2.05, 4.69) is 20.2 Å². The van der Waals surface area contributed by atoms with Gasteiger partial charge >= 0.3 is 0 Å². The molecule has 0 bridgehead atoms. The average molecular weight is 400 g/mol. The van der Waals surface area contributed by atoms with Crippen LogP contribution >= 0.6 is 0 Å². The van der Waals surface area contributed by atoms with Crippen molar-refractivity contribution in [2.45, 2.75) is 31.2 Å². The minimum atomic E-state index is -3.52. The Kier molecular flexibility index (Phi) is 6.85. The minimum absolute atomic E-state index is 0.0245. The van der Waals surface area contributed by atoms with Crippen LogP contribution in [0.15, 0.2) is 11.2 Å². The molecule has 10 heteroatoms. The Morgan fingerprint density at radius 2 is 2.00 bits per heavy atom. The van der Waals surface area contributed by atoms with Crippen LogP contribution < -0.4 is 5.32 Å². The largest absolute Gasteiger partial charge is 0.379 e. The maximum atomic E-state index is 12.7. The van der Waals surface area contributed by atoms with Gasteiger partial charge in [0.15, 0.2) is 5.03 Å². The van der Waals surface area contributed by atoms with Crippen LogP contribution in [0, 0.1) is 5.92 Å². The molecule has 1 aromatic heterocycles. The van der Waals surface area contributed by atoms with Gasteiger partial charge in [-0.1, -0.05) is 6.92 Å². The van der Waals surface area contributed by atoms with E-state index in [1.165, 1.54) is 10.5 Å². The molecule has 1 amide bonds. The molecule has 1 aromatic rings. The van der Waals surface area contributed by atoms with Crippen molar-refractivity contribution in [2.24, 2.45) is 5.92 Å². The first-order valence-corrected chi connectivity index (χ1v) is 11.0. The van der Waals surface area contributed by atoms with E-state index in [1.807, 2.05) is 6.92 Å². The lowest BCUT2D eigenvalue weighted by atomic mass is 9.98. The van der Waals surface area contributed by atoms with Gasteiger partial charge in [0, 0.05) is 39.1 Å². The number of piperidine rings is 1. The first kappa shape index (κ1) is 20.2. The number of rotatable bonds is 7. The molecule has 0 unspecified atom stereocenters. The van der Waals surface area contributed by atoms with E-state index in [4.69, 9.17) is 4.74 Å². The topological polar surface area (TPSA) is 108 Å². The molecule has 3 heterocycles. The Balaban J connectivity index is 1.42. The van der Waals surface area contributed by atoms with Crippen LogP contribution in [0.3, 0.4) is 0 Å². The summed E-state index contributed by atoms with van der Waals surface area (Å²) in [6.45, 7) is 6.78. The van der Waals surface area contributed by atoms with Crippen molar-refractivity contribution in [3.63, 3.8) is 0 Å². The molecule has 0 aliphatic carbocycles. The van der Waals surface area contributed by atoms with Gasteiger partial charge in [0.25, 0.3) is 10.0 Å². The van der Waals surface area contributed by atoms with Crippen LogP contribution in [0.25, 0.3) is 0 Å². The lowest BCUT2D eigenvalue weighted by Crippen LogP contribution is -2.45. The predicted octanol–water partition coefficient (Wildman–Crippen LogP) is -0.179. The zero-order valence-electron chi connectivity index (χ0n) is 15.8. The summed E-state index contributed by atoms with van der Waals surface area (Å²) in [5.41, 5.74) is 0. The Morgan fingerprint density at radius 1 is 1.30 bits per heavy atom. The van der Waals surface area contributed by atoms with Crippen molar-refractivity contribution in [3.05, 3.63) is 12.0 Å². The number of hydrogen-bond acceptors (Lipinski definition) is 6. The van der Waals surface area contributed by atoms with Crippen molar-refractivity contribution in [2.75, 3.05) is 52.5 Å². The first-order chi connectivity index (χ1) is 13.0. The maximum absolute atomic E-state index is 12.7. The first-order valence-electron chi connectivity index (χ1n) is 9.60. The number of morpholine rings is 1. The Hall–Kier alpha value is -1.49. The molecule has 27 heavy (non-hydrogen) atoms. The summed E-state index contributed by atoms with van der Waals surface area (Å²) in [5.74, 6) is 1.00. The summed E-state index contributed by atoms with van der Waals surface area (Å²) in [7, 11) is -3.52. The van der Waals surface area contributed by atoms with Crippen LogP contribution in [0.1, 0.15) is 25.6 Å². The number of aromatic amines is 1. The van der Waals surface area contributed by atoms with Crippen molar-refractivity contribution in [3.8, 4) is 0 Å². The highest BCUT2D eigenvalue weighted by molar-refractivity contribution is 7.89. The van der Waals surface area contributed by atoms with E-state index in [0.717, 1.165) is 25.9 Å². The molecule has 3 rings (SSSR count). The standard InChI is InChI=1S/C17H29N5O4S/c1-2-15-18-12-17(20-15)27(24,25)22-5-3-14(4-6-22)11-19-16(23)13-21-7-9-26-10-8-21/h12,14H,2-11,13H2,1H3,(H,18,20)(H,19,23). The quantitative estimate of drug-likeness (QED) is 0.659. The van der Waals surface area contributed by atoms with Gasteiger partial charge in [-0.15, -0.1) is 0 Å². The molecule has 0 aromatic carbocycles. The highest BCUT2D eigenvalue weighted by Crippen LogP contribution is 2.22. The number of imidazole rings is 1. The number of hydrogen-bond donors (Lipinski definition) is 2. The zero-order valence-corrected chi connectivity index (χ0v) is 16.6. The predicted molar refractivity (Wildman–Crippen MR) is 99.7 cm³/mol. The van der Waals surface area contributed by atoms with E-state index in [0.29, 0.717) is 57.6 Å². The summed E-state index contributed by atoms with van der Waals surface area (Å²) in [4.78, 5) is 21.1. The Bertz CT molecular complexity index is 721. The minimum Gasteiger partial charge on any atom is -0.379 e. The highest BCUT2D eigenvalue weighted by Gasteiger charge is 2.30. The molecule has 2 aliphatic rings. The van der Waals surface area contributed by atoms with Crippen molar-refractivity contribution in [1.29, 1.82) is 0 Å². The molecule has 0 radical (unpaired) electrons. The molecule has 0 spiro atoms. The molecular formula is C17H29N5O4S. The fourth-order valence-electron chi connectivity index (χ4n) is 3.42. The van der Waals surface area contributed by atoms with Crippen LogP contribution in [-0.4, -0.2) is 86.0 Å². The van der Waals surface area contributed by atoms with Gasteiger partial charge in [0.05, 0.1) is 26.0 Å². The Morgan fingerprint density at radius 3 is 2.63 bits per heavy atom. The number of carbonyl (C=O) groups is 1. The van der Waals surface area contributed by atoms with Crippen LogP contribution in [0.4, 0.5) is 0 Å². The molecule has 2 N–H and O–H groups in total. The molecule has 2 saturated heterocycles. The third kappa shape index (κ3) is 5.28. The number of sulfonamides is 1. The summed E-state index contributed by atoms with van der Waals surface area (Å²) in [6.07, 6.45) is 3.55. The average Bonchev–Trinajstić information content (AvgIpc) is 3.18. The second-order valence-corrected chi connectivity index (χ2v) is 8.99. The number of H-pyrrole nitrogens is 1. The van der Waals surface area contributed by atoms with Crippen LogP contribution in [0.2, 0.25) is 0 Å². The second kappa shape index (κ2) is 9.13. The number of ether oxygens (including phenoxy) is 1. The van der Waals surface area contributed by atoms with Gasteiger partial charge in [-0.2, -0.15) is 4.31 Å². The third-order valence-electron chi connectivity index (χ3n) is 5.19. The van der Waals surface area contributed by atoms with Gasteiger partial charge in [-0.3, -0.25) is 9.69 Å². The zero-order chi connectivity index (χ0) is 19.3. The van der Waals surface area contributed by atoms with Gasteiger partial charge < -0.3 is 15.0 Å². The molecule has 9 nitrogen and oxygen atoms in total. The molecule has 2 fully saturated rings. The Labute approximate surface area is 160 Å². The lowest BCUT2D eigenvalue weighted by molar-refractivity contribution is -0.123. The third-order valence-corrected chi connectivity index (χ3v) is 7.00. The maximum Gasteiger partial charge on any atom is 0.260 e. The van der Waals surface area contributed by atoms with E-state index in [1.54, 1.807) is 0 Å². The van der Waals surface area contributed by atoms with E-state index >= 15 is 0 Å². The van der Waals surface area contributed by atoms with E-state index in [9.17, 15) is 13.2 Å². The van der Waals surface area contributed by atoms with Crippen molar-refractivity contribution < 1.29 is 17.9 Å². The van der Waals surface area contributed by atoms with Crippen molar-refractivity contribution in [1.82, 2.24) is 24.5 Å². The molecular weight excluding hydrogens is 370 g/mol. The van der Waals surface area contributed by atoms with Gasteiger partial charge in [0.2, 0.25) is 5.91 Å².